The monoisotopic (exact) mass is 526 g/mol. The number of β-amino-alcohol motifs (C(OH)–C–C–N with tert-alkyl or cyclic N) is 1. The van der Waals surface area contributed by atoms with Crippen LogP contribution in [-0.2, 0) is 4.79 Å². The van der Waals surface area contributed by atoms with Crippen molar-refractivity contribution in [3.63, 3.8) is 0 Å². The summed E-state index contributed by atoms with van der Waals surface area (Å²) in [4.78, 5) is 23.4. The lowest BCUT2D eigenvalue weighted by molar-refractivity contribution is -0.124. The zero-order valence-corrected chi connectivity index (χ0v) is 21.3. The van der Waals surface area contributed by atoms with Crippen LogP contribution in [-0.4, -0.2) is 58.3 Å². The highest BCUT2D eigenvalue weighted by Gasteiger charge is 2.33. The van der Waals surface area contributed by atoms with Crippen LogP contribution in [0.4, 0.5) is 11.8 Å². The number of nitrogens with zero attached hydrogens (tertiary/aromatic N) is 3. The van der Waals surface area contributed by atoms with E-state index in [-0.39, 0.29) is 24.0 Å². The molecule has 2 saturated heterocycles. The van der Waals surface area contributed by atoms with Gasteiger partial charge in [-0.3, -0.25) is 4.79 Å². The molecule has 0 bridgehead atoms. The molecular formula is C23H29Cl3N6O2. The summed E-state index contributed by atoms with van der Waals surface area (Å²) in [5.74, 6) is 0.874. The lowest BCUT2D eigenvalue weighted by atomic mass is 10.0. The number of rotatable bonds is 6. The number of hydrogen-bond donors (Lipinski definition) is 4. The molecule has 2 aromatic rings. The van der Waals surface area contributed by atoms with Crippen LogP contribution < -0.4 is 20.9 Å². The van der Waals surface area contributed by atoms with E-state index in [0.29, 0.717) is 52.4 Å². The van der Waals surface area contributed by atoms with E-state index in [1.165, 1.54) is 6.20 Å². The second-order valence-corrected chi connectivity index (χ2v) is 10.3. The quantitative estimate of drug-likeness (QED) is 0.453. The molecule has 4 rings (SSSR count). The first kappa shape index (κ1) is 25.3. The molecule has 0 radical (unpaired) electrons. The zero-order chi connectivity index (χ0) is 24.4. The zero-order valence-electron chi connectivity index (χ0n) is 19.1. The van der Waals surface area contributed by atoms with E-state index >= 15 is 0 Å². The summed E-state index contributed by atoms with van der Waals surface area (Å²) in [6, 6.07) is 4.99. The van der Waals surface area contributed by atoms with Crippen molar-refractivity contribution < 1.29 is 9.90 Å². The summed E-state index contributed by atoms with van der Waals surface area (Å²) in [5.41, 5.74) is 0.861. The Bertz CT molecular complexity index is 1040. The van der Waals surface area contributed by atoms with E-state index < -0.39 is 6.10 Å². The Morgan fingerprint density at radius 1 is 1.24 bits per heavy atom. The van der Waals surface area contributed by atoms with Crippen molar-refractivity contribution in [3.8, 4) is 0 Å². The maximum Gasteiger partial charge on any atom is 0.237 e. The van der Waals surface area contributed by atoms with Crippen LogP contribution in [0.5, 0.6) is 0 Å². The summed E-state index contributed by atoms with van der Waals surface area (Å²) >= 11 is 18.7. The van der Waals surface area contributed by atoms with Crippen molar-refractivity contribution in [1.82, 2.24) is 20.6 Å². The van der Waals surface area contributed by atoms with Crippen LogP contribution in [0, 0.1) is 0 Å². The number of carbonyl (C=O) groups is 1. The van der Waals surface area contributed by atoms with Crippen molar-refractivity contribution >= 4 is 52.5 Å². The summed E-state index contributed by atoms with van der Waals surface area (Å²) in [6.45, 7) is 4.92. The Hall–Kier alpha value is -1.84. The van der Waals surface area contributed by atoms with E-state index in [0.717, 1.165) is 18.4 Å². The second-order valence-electron chi connectivity index (χ2n) is 9.01. The molecule has 184 valence electrons. The molecule has 5 atom stereocenters. The molecule has 0 unspecified atom stereocenters. The molecule has 0 saturated carbocycles. The van der Waals surface area contributed by atoms with Crippen molar-refractivity contribution in [2.24, 2.45) is 0 Å². The third-order valence-electron chi connectivity index (χ3n) is 6.40. The second kappa shape index (κ2) is 10.8. The number of hydrogen-bond acceptors (Lipinski definition) is 7. The number of aliphatic hydroxyl groups excluding tert-OH is 1. The van der Waals surface area contributed by atoms with Gasteiger partial charge in [0.1, 0.15) is 5.02 Å². The Labute approximate surface area is 214 Å². The van der Waals surface area contributed by atoms with E-state index in [1.807, 2.05) is 17.9 Å². The van der Waals surface area contributed by atoms with Gasteiger partial charge in [-0.15, -0.1) is 0 Å². The average molecular weight is 528 g/mol. The molecule has 4 N–H and O–H groups in total. The van der Waals surface area contributed by atoms with Crippen LogP contribution in [0.1, 0.15) is 44.7 Å². The van der Waals surface area contributed by atoms with Gasteiger partial charge in [-0.05, 0) is 50.8 Å². The van der Waals surface area contributed by atoms with E-state index in [1.54, 1.807) is 12.1 Å². The average Bonchev–Trinajstić information content (AvgIpc) is 3.23. The molecule has 2 aliphatic rings. The van der Waals surface area contributed by atoms with Gasteiger partial charge in [0.15, 0.2) is 5.82 Å². The molecule has 2 aliphatic heterocycles. The predicted molar refractivity (Wildman–Crippen MR) is 136 cm³/mol. The molecule has 8 nitrogen and oxygen atoms in total. The first-order valence-corrected chi connectivity index (χ1v) is 12.6. The lowest BCUT2D eigenvalue weighted by Crippen LogP contribution is -2.57. The van der Waals surface area contributed by atoms with Gasteiger partial charge in [-0.25, -0.2) is 4.98 Å². The number of aliphatic hydroxyl groups is 1. The summed E-state index contributed by atoms with van der Waals surface area (Å²) < 4.78 is 0. The molecule has 1 amide bonds. The number of amides is 1. The molecule has 2 fully saturated rings. The number of benzene rings is 1. The fourth-order valence-electron chi connectivity index (χ4n) is 4.45. The van der Waals surface area contributed by atoms with Crippen LogP contribution in [0.25, 0.3) is 0 Å². The van der Waals surface area contributed by atoms with Gasteiger partial charge in [-0.1, -0.05) is 40.9 Å². The molecular weight excluding hydrogens is 499 g/mol. The third-order valence-corrected chi connectivity index (χ3v) is 7.24. The fraction of sp³-hybridized carbons (Fsp3) is 0.522. The largest absolute Gasteiger partial charge is 0.389 e. The Balaban J connectivity index is 1.39. The van der Waals surface area contributed by atoms with Crippen molar-refractivity contribution in [2.75, 3.05) is 23.3 Å². The van der Waals surface area contributed by atoms with E-state index in [2.05, 4.69) is 32.8 Å². The van der Waals surface area contributed by atoms with Gasteiger partial charge in [0.2, 0.25) is 11.9 Å². The number of carbonyl (C=O) groups excluding carboxylic acids is 1. The number of halogens is 3. The van der Waals surface area contributed by atoms with Gasteiger partial charge in [0, 0.05) is 29.2 Å². The molecule has 3 heterocycles. The maximum absolute atomic E-state index is 12.5. The minimum Gasteiger partial charge on any atom is -0.389 e. The minimum atomic E-state index is -0.737. The van der Waals surface area contributed by atoms with Gasteiger partial charge in [0.25, 0.3) is 0 Å². The molecule has 1 aromatic carbocycles. The lowest BCUT2D eigenvalue weighted by Gasteiger charge is -2.36. The van der Waals surface area contributed by atoms with Gasteiger partial charge in [-0.2, -0.15) is 4.98 Å². The number of anilines is 2. The summed E-state index contributed by atoms with van der Waals surface area (Å²) in [5, 5.41) is 21.8. The van der Waals surface area contributed by atoms with E-state index in [4.69, 9.17) is 34.8 Å². The SMILES string of the molecule is C[C@@H]1CC[C@H](C(=O)N[C@H]2CCN(c3ncc(Cl)c(N[C@H](C)c4ccc(Cl)cc4Cl)n3)C[C@@H]2O)N1. The molecule has 11 heteroatoms. The molecule has 0 aliphatic carbocycles. The predicted octanol–water partition coefficient (Wildman–Crippen LogP) is 3.81. The van der Waals surface area contributed by atoms with Gasteiger partial charge in [0.05, 0.1) is 30.4 Å². The van der Waals surface area contributed by atoms with Gasteiger partial charge >= 0.3 is 0 Å². The minimum absolute atomic E-state index is 0.0501. The molecule has 1 aromatic heterocycles. The van der Waals surface area contributed by atoms with E-state index in [9.17, 15) is 9.90 Å². The van der Waals surface area contributed by atoms with Crippen molar-refractivity contribution in [2.45, 2.75) is 63.4 Å². The first-order chi connectivity index (χ1) is 16.2. The summed E-state index contributed by atoms with van der Waals surface area (Å²) in [7, 11) is 0. The highest BCUT2D eigenvalue weighted by molar-refractivity contribution is 6.35. The Kier molecular flexibility index (Phi) is 8.05. The normalized spacial score (nSPS) is 25.8. The molecule has 34 heavy (non-hydrogen) atoms. The smallest absolute Gasteiger partial charge is 0.237 e. The topological polar surface area (TPSA) is 102 Å². The number of aromatic nitrogens is 2. The first-order valence-electron chi connectivity index (χ1n) is 11.4. The molecule has 0 spiro atoms. The standard InChI is InChI=1S/C23H29Cl3N6O2/c1-12-3-6-19(28-12)22(34)30-18-7-8-32(11-20(18)33)23-27-10-17(26)21(31-23)29-13(2)15-5-4-14(24)9-16(15)25/h4-5,9-10,12-13,18-20,28,33H,3,6-8,11H2,1-2H3,(H,30,34)(H,27,29,31)/t12-,13-,18+,19-,20+/m1/s1. The van der Waals surface area contributed by atoms with Crippen LogP contribution in [0.3, 0.4) is 0 Å². The third kappa shape index (κ3) is 5.86. The van der Waals surface area contributed by atoms with Crippen LogP contribution in [0.2, 0.25) is 15.1 Å². The Morgan fingerprint density at radius 2 is 2.03 bits per heavy atom. The van der Waals surface area contributed by atoms with Crippen molar-refractivity contribution in [3.05, 3.63) is 45.0 Å². The summed E-state index contributed by atoms with van der Waals surface area (Å²) in [6.07, 6.45) is 3.18. The Morgan fingerprint density at radius 3 is 2.71 bits per heavy atom. The van der Waals surface area contributed by atoms with Crippen molar-refractivity contribution in [1.29, 1.82) is 0 Å². The maximum atomic E-state index is 12.5. The van der Waals surface area contributed by atoms with Gasteiger partial charge < -0.3 is 26.0 Å². The number of piperidine rings is 1. The van der Waals surface area contributed by atoms with Crippen LogP contribution in [0.15, 0.2) is 24.4 Å². The fourth-order valence-corrected chi connectivity index (χ4v) is 5.16. The number of nitrogens with one attached hydrogen (secondary N) is 3. The highest BCUT2D eigenvalue weighted by atomic mass is 35.5. The van der Waals surface area contributed by atoms with Crippen LogP contribution >= 0.6 is 34.8 Å². The highest BCUT2D eigenvalue weighted by Crippen LogP contribution is 2.31.